The zero-order chi connectivity index (χ0) is 11.5. The molecule has 0 saturated heterocycles. The predicted molar refractivity (Wildman–Crippen MR) is 66.9 cm³/mol. The van der Waals surface area contributed by atoms with E-state index in [-0.39, 0.29) is 0 Å². The number of benzene rings is 1. The first kappa shape index (κ1) is 11.5. The van der Waals surface area contributed by atoms with E-state index in [1.807, 2.05) is 25.2 Å². The molecule has 2 aromatic rings. The van der Waals surface area contributed by atoms with Gasteiger partial charge in [0.25, 0.3) is 0 Å². The van der Waals surface area contributed by atoms with Crippen molar-refractivity contribution in [3.8, 4) is 11.3 Å². The second-order valence-electron chi connectivity index (χ2n) is 3.43. The molecule has 1 aromatic carbocycles. The standard InChI is InChI=1S/C12H11Cl2NO/c1-15-7-9-3-5-12(16-9)8-2-4-10(13)11(14)6-8/h2-6,15H,7H2,1H3. The summed E-state index contributed by atoms with van der Waals surface area (Å²) in [5.74, 6) is 1.69. The SMILES string of the molecule is CNCc1ccc(-c2ccc(Cl)c(Cl)c2)o1. The number of furan rings is 1. The number of nitrogens with one attached hydrogen (secondary N) is 1. The van der Waals surface area contributed by atoms with E-state index in [1.54, 1.807) is 12.1 Å². The van der Waals surface area contributed by atoms with Gasteiger partial charge in [0.05, 0.1) is 16.6 Å². The van der Waals surface area contributed by atoms with Crippen LogP contribution in [-0.2, 0) is 6.54 Å². The van der Waals surface area contributed by atoms with E-state index in [1.165, 1.54) is 0 Å². The van der Waals surface area contributed by atoms with Crippen molar-refractivity contribution in [2.75, 3.05) is 7.05 Å². The van der Waals surface area contributed by atoms with Crippen LogP contribution < -0.4 is 5.32 Å². The van der Waals surface area contributed by atoms with Crippen LogP contribution in [-0.4, -0.2) is 7.05 Å². The van der Waals surface area contributed by atoms with Crippen LogP contribution in [0.4, 0.5) is 0 Å². The van der Waals surface area contributed by atoms with Crippen molar-refractivity contribution in [2.24, 2.45) is 0 Å². The Kier molecular flexibility index (Phi) is 3.54. The molecule has 0 spiro atoms. The molecule has 0 aliphatic carbocycles. The zero-order valence-electron chi connectivity index (χ0n) is 8.76. The van der Waals surface area contributed by atoms with E-state index in [9.17, 15) is 0 Å². The van der Waals surface area contributed by atoms with Crippen LogP contribution in [0.15, 0.2) is 34.7 Å². The van der Waals surface area contributed by atoms with Crippen molar-refractivity contribution < 1.29 is 4.42 Å². The van der Waals surface area contributed by atoms with Crippen molar-refractivity contribution in [1.82, 2.24) is 5.32 Å². The Bertz CT molecular complexity index is 494. The van der Waals surface area contributed by atoms with Gasteiger partial charge in [-0.1, -0.05) is 23.2 Å². The van der Waals surface area contributed by atoms with Crippen molar-refractivity contribution >= 4 is 23.2 Å². The average molecular weight is 256 g/mol. The fourth-order valence-electron chi connectivity index (χ4n) is 1.45. The van der Waals surface area contributed by atoms with Gasteiger partial charge < -0.3 is 9.73 Å². The van der Waals surface area contributed by atoms with Crippen LogP contribution >= 0.6 is 23.2 Å². The number of hydrogen-bond donors (Lipinski definition) is 1. The van der Waals surface area contributed by atoms with Crippen LogP contribution in [0.25, 0.3) is 11.3 Å². The second kappa shape index (κ2) is 4.91. The first-order chi connectivity index (χ1) is 7.70. The summed E-state index contributed by atoms with van der Waals surface area (Å²) in [4.78, 5) is 0. The maximum absolute atomic E-state index is 5.95. The van der Waals surface area contributed by atoms with Crippen LogP contribution in [0.2, 0.25) is 10.0 Å². The molecule has 84 valence electrons. The summed E-state index contributed by atoms with van der Waals surface area (Å²) in [5.41, 5.74) is 0.928. The molecule has 0 unspecified atom stereocenters. The van der Waals surface area contributed by atoms with E-state index >= 15 is 0 Å². The zero-order valence-corrected chi connectivity index (χ0v) is 10.3. The molecular weight excluding hydrogens is 245 g/mol. The summed E-state index contributed by atoms with van der Waals surface area (Å²) in [6, 6.07) is 9.31. The van der Waals surface area contributed by atoms with Gasteiger partial charge >= 0.3 is 0 Å². The largest absolute Gasteiger partial charge is 0.460 e. The highest BCUT2D eigenvalue weighted by molar-refractivity contribution is 6.42. The molecule has 1 heterocycles. The van der Waals surface area contributed by atoms with Crippen LogP contribution in [0.5, 0.6) is 0 Å². The average Bonchev–Trinajstić information content (AvgIpc) is 2.71. The Labute approximate surface area is 104 Å². The lowest BCUT2D eigenvalue weighted by atomic mass is 10.2. The van der Waals surface area contributed by atoms with Gasteiger partial charge in [-0.3, -0.25) is 0 Å². The van der Waals surface area contributed by atoms with Gasteiger partial charge in [0.2, 0.25) is 0 Å². The molecule has 1 aromatic heterocycles. The van der Waals surface area contributed by atoms with E-state index in [0.29, 0.717) is 16.6 Å². The topological polar surface area (TPSA) is 25.2 Å². The smallest absolute Gasteiger partial charge is 0.134 e. The lowest BCUT2D eigenvalue weighted by Crippen LogP contribution is -2.03. The Balaban J connectivity index is 2.31. The molecule has 4 heteroatoms. The molecule has 2 nitrogen and oxygen atoms in total. The van der Waals surface area contributed by atoms with Crippen LogP contribution in [0.1, 0.15) is 5.76 Å². The predicted octanol–water partition coefficient (Wildman–Crippen LogP) is 3.97. The monoisotopic (exact) mass is 255 g/mol. The second-order valence-corrected chi connectivity index (χ2v) is 4.24. The fourth-order valence-corrected chi connectivity index (χ4v) is 1.75. The quantitative estimate of drug-likeness (QED) is 0.898. The van der Waals surface area contributed by atoms with E-state index in [0.717, 1.165) is 17.1 Å². The van der Waals surface area contributed by atoms with Gasteiger partial charge in [0.1, 0.15) is 11.5 Å². The number of hydrogen-bond acceptors (Lipinski definition) is 2. The van der Waals surface area contributed by atoms with Gasteiger partial charge in [-0.2, -0.15) is 0 Å². The lowest BCUT2D eigenvalue weighted by molar-refractivity contribution is 0.507. The van der Waals surface area contributed by atoms with E-state index in [2.05, 4.69) is 5.32 Å². The first-order valence-electron chi connectivity index (χ1n) is 4.89. The van der Waals surface area contributed by atoms with Crippen LogP contribution in [0, 0.1) is 0 Å². The molecule has 1 N–H and O–H groups in total. The summed E-state index contributed by atoms with van der Waals surface area (Å²) in [6.45, 7) is 0.710. The third-order valence-corrected chi connectivity index (χ3v) is 2.96. The Morgan fingerprint density at radius 1 is 1.12 bits per heavy atom. The molecular formula is C12H11Cl2NO. The Hall–Kier alpha value is -0.960. The molecule has 0 saturated carbocycles. The van der Waals surface area contributed by atoms with Crippen LogP contribution in [0.3, 0.4) is 0 Å². The number of halogens is 2. The highest BCUT2D eigenvalue weighted by Crippen LogP contribution is 2.29. The molecule has 0 atom stereocenters. The third-order valence-electron chi connectivity index (χ3n) is 2.22. The minimum absolute atomic E-state index is 0.533. The summed E-state index contributed by atoms with van der Waals surface area (Å²) in [7, 11) is 1.88. The molecule has 0 radical (unpaired) electrons. The molecule has 16 heavy (non-hydrogen) atoms. The minimum Gasteiger partial charge on any atom is -0.460 e. The van der Waals surface area contributed by atoms with Crippen molar-refractivity contribution in [2.45, 2.75) is 6.54 Å². The maximum Gasteiger partial charge on any atom is 0.134 e. The third kappa shape index (κ3) is 2.40. The summed E-state index contributed by atoms with van der Waals surface area (Å²) >= 11 is 11.8. The Morgan fingerprint density at radius 3 is 2.62 bits per heavy atom. The summed E-state index contributed by atoms with van der Waals surface area (Å²) in [6.07, 6.45) is 0. The van der Waals surface area contributed by atoms with Gasteiger partial charge in [0, 0.05) is 5.56 Å². The molecule has 0 amide bonds. The molecule has 0 aliphatic heterocycles. The fraction of sp³-hybridized carbons (Fsp3) is 0.167. The summed E-state index contributed by atoms with van der Waals surface area (Å²) in [5, 5.41) is 4.11. The van der Waals surface area contributed by atoms with Gasteiger partial charge in [-0.25, -0.2) is 0 Å². The van der Waals surface area contributed by atoms with Crippen molar-refractivity contribution in [1.29, 1.82) is 0 Å². The van der Waals surface area contributed by atoms with Gasteiger partial charge in [-0.05, 0) is 37.4 Å². The van der Waals surface area contributed by atoms with Gasteiger partial charge in [0.15, 0.2) is 0 Å². The molecule has 0 bridgehead atoms. The molecule has 0 aliphatic rings. The summed E-state index contributed by atoms with van der Waals surface area (Å²) < 4.78 is 5.64. The van der Waals surface area contributed by atoms with E-state index < -0.39 is 0 Å². The van der Waals surface area contributed by atoms with E-state index in [4.69, 9.17) is 27.6 Å². The van der Waals surface area contributed by atoms with Gasteiger partial charge in [-0.15, -0.1) is 0 Å². The van der Waals surface area contributed by atoms with Crippen molar-refractivity contribution in [3.63, 3.8) is 0 Å². The maximum atomic E-state index is 5.95. The lowest BCUT2D eigenvalue weighted by Gasteiger charge is -2.00. The minimum atomic E-state index is 0.533. The first-order valence-corrected chi connectivity index (χ1v) is 5.65. The number of rotatable bonds is 3. The highest BCUT2D eigenvalue weighted by atomic mass is 35.5. The Morgan fingerprint density at radius 2 is 1.94 bits per heavy atom. The molecule has 0 fully saturated rings. The van der Waals surface area contributed by atoms with Crippen molar-refractivity contribution in [3.05, 3.63) is 46.1 Å². The molecule has 2 rings (SSSR count). The highest BCUT2D eigenvalue weighted by Gasteiger charge is 2.06. The normalized spacial score (nSPS) is 10.7.